The monoisotopic (exact) mass is 342 g/mol. The van der Waals surface area contributed by atoms with E-state index in [0.29, 0.717) is 22.5 Å². The number of nitrogens with zero attached hydrogens (tertiary/aromatic N) is 3. The Kier molecular flexibility index (Phi) is 3.93. The van der Waals surface area contributed by atoms with E-state index in [1.807, 2.05) is 29.8 Å². The van der Waals surface area contributed by atoms with E-state index in [-0.39, 0.29) is 5.91 Å². The second-order valence-electron chi connectivity index (χ2n) is 5.95. The Labute approximate surface area is 143 Å². The lowest BCUT2D eigenvalue weighted by Crippen LogP contribution is -2.18. The van der Waals surface area contributed by atoms with Crippen LogP contribution in [0.5, 0.6) is 0 Å². The molecule has 1 amide bonds. The normalized spacial score (nSPS) is 15.0. The maximum absolute atomic E-state index is 12.6. The zero-order chi connectivity index (χ0) is 16.5. The number of carbonyl (C=O) groups excluding carboxylic acids is 1. The van der Waals surface area contributed by atoms with Crippen LogP contribution in [0.25, 0.3) is 10.8 Å². The van der Waals surface area contributed by atoms with Gasteiger partial charge in [-0.3, -0.25) is 4.79 Å². The van der Waals surface area contributed by atoms with E-state index in [1.165, 1.54) is 24.2 Å². The summed E-state index contributed by atoms with van der Waals surface area (Å²) in [5.74, 6) is 1.21. The fourth-order valence-corrected chi connectivity index (χ4v) is 4.02. The van der Waals surface area contributed by atoms with Gasteiger partial charge in [0.05, 0.1) is 18.5 Å². The van der Waals surface area contributed by atoms with Crippen LogP contribution in [0.3, 0.4) is 0 Å². The van der Waals surface area contributed by atoms with Crippen LogP contribution in [0.1, 0.15) is 47.1 Å². The van der Waals surface area contributed by atoms with Crippen molar-refractivity contribution >= 4 is 23.1 Å². The molecule has 3 aromatic heterocycles. The van der Waals surface area contributed by atoms with Crippen molar-refractivity contribution in [2.24, 2.45) is 0 Å². The molecule has 0 spiro atoms. The minimum Gasteiger partial charge on any atom is -0.462 e. The molecule has 0 aliphatic heterocycles. The van der Waals surface area contributed by atoms with Gasteiger partial charge >= 0.3 is 0 Å². The van der Waals surface area contributed by atoms with E-state index in [1.54, 1.807) is 12.5 Å². The number of amides is 1. The Bertz CT molecular complexity index is 844. The second-order valence-corrected chi connectivity index (χ2v) is 7.16. The number of hydrogen-bond acceptors (Lipinski definition) is 5. The number of nitrogens with one attached hydrogen (secondary N) is 1. The van der Waals surface area contributed by atoms with Crippen LogP contribution in [-0.4, -0.2) is 20.7 Å². The van der Waals surface area contributed by atoms with E-state index in [4.69, 9.17) is 4.42 Å². The molecule has 0 saturated heterocycles. The zero-order valence-corrected chi connectivity index (χ0v) is 14.2. The number of furan rings is 1. The van der Waals surface area contributed by atoms with Gasteiger partial charge in [0.1, 0.15) is 11.5 Å². The van der Waals surface area contributed by atoms with Crippen molar-refractivity contribution in [1.29, 1.82) is 0 Å². The predicted molar refractivity (Wildman–Crippen MR) is 92.2 cm³/mol. The largest absolute Gasteiger partial charge is 0.462 e. The molecule has 3 aromatic rings. The first-order chi connectivity index (χ1) is 11.7. The van der Waals surface area contributed by atoms with Crippen molar-refractivity contribution in [3.8, 4) is 10.8 Å². The van der Waals surface area contributed by atoms with Crippen LogP contribution in [0.15, 0.2) is 35.1 Å². The Morgan fingerprint density at radius 2 is 2.21 bits per heavy atom. The molecule has 4 rings (SSSR count). The van der Waals surface area contributed by atoms with Crippen molar-refractivity contribution in [3.05, 3.63) is 41.2 Å². The van der Waals surface area contributed by atoms with Crippen LogP contribution in [0.2, 0.25) is 0 Å². The number of aryl methyl sites for hydroxylation is 1. The number of thiazole rings is 1. The predicted octanol–water partition coefficient (Wildman–Crippen LogP) is 4.28. The molecular formula is C17H18N4O2S. The number of anilines is 1. The quantitative estimate of drug-likeness (QED) is 0.768. The smallest absolute Gasteiger partial charge is 0.276 e. The molecule has 7 heteroatoms. The van der Waals surface area contributed by atoms with Crippen molar-refractivity contribution in [2.75, 3.05) is 5.32 Å². The molecule has 124 valence electrons. The van der Waals surface area contributed by atoms with E-state index in [0.717, 1.165) is 23.5 Å². The van der Waals surface area contributed by atoms with Gasteiger partial charge in [-0.25, -0.2) is 9.67 Å². The van der Waals surface area contributed by atoms with Gasteiger partial charge in [0.15, 0.2) is 10.8 Å². The molecule has 1 N–H and O–H groups in total. The highest BCUT2D eigenvalue weighted by Gasteiger charge is 2.22. The third-order valence-electron chi connectivity index (χ3n) is 4.33. The summed E-state index contributed by atoms with van der Waals surface area (Å²) < 4.78 is 7.29. The minimum absolute atomic E-state index is 0.207. The Hall–Kier alpha value is -2.41. The summed E-state index contributed by atoms with van der Waals surface area (Å²) in [6, 6.07) is 5.87. The molecule has 0 radical (unpaired) electrons. The molecule has 0 atom stereocenters. The summed E-state index contributed by atoms with van der Waals surface area (Å²) in [5, 5.41) is 8.06. The van der Waals surface area contributed by atoms with E-state index >= 15 is 0 Å². The van der Waals surface area contributed by atoms with Crippen LogP contribution >= 0.6 is 11.3 Å². The van der Waals surface area contributed by atoms with Gasteiger partial charge in [-0.1, -0.05) is 12.8 Å². The molecule has 0 unspecified atom stereocenters. The number of hydrogen-bond donors (Lipinski definition) is 1. The molecule has 1 aliphatic rings. The standard InChI is InChI=1S/C17H18N4O2S/c1-11-15(20-17(24-11)13-7-4-10-23-13)16(22)19-14-8-9-18-21(14)12-5-2-3-6-12/h4,7-10,12H,2-3,5-6H2,1H3,(H,19,22). The SMILES string of the molecule is Cc1sc(-c2ccco2)nc1C(=O)Nc1ccnn1C1CCCC1. The van der Waals surface area contributed by atoms with E-state index in [2.05, 4.69) is 15.4 Å². The average molecular weight is 342 g/mol. The fourth-order valence-electron chi connectivity index (χ4n) is 3.14. The summed E-state index contributed by atoms with van der Waals surface area (Å²) in [5.41, 5.74) is 0.436. The molecule has 0 bridgehead atoms. The Morgan fingerprint density at radius 3 is 2.96 bits per heavy atom. The van der Waals surface area contributed by atoms with Gasteiger partial charge in [0.25, 0.3) is 5.91 Å². The van der Waals surface area contributed by atoms with Crippen molar-refractivity contribution in [2.45, 2.75) is 38.6 Å². The third kappa shape index (κ3) is 2.75. The lowest BCUT2D eigenvalue weighted by atomic mass is 10.2. The van der Waals surface area contributed by atoms with Gasteiger partial charge in [-0.15, -0.1) is 11.3 Å². The summed E-state index contributed by atoms with van der Waals surface area (Å²) in [7, 11) is 0. The lowest BCUT2D eigenvalue weighted by molar-refractivity contribution is 0.102. The van der Waals surface area contributed by atoms with Crippen LogP contribution in [0.4, 0.5) is 5.82 Å². The van der Waals surface area contributed by atoms with Crippen LogP contribution in [-0.2, 0) is 0 Å². The molecule has 1 saturated carbocycles. The highest BCUT2D eigenvalue weighted by atomic mass is 32.1. The first-order valence-electron chi connectivity index (χ1n) is 8.08. The Balaban J connectivity index is 1.56. The minimum atomic E-state index is -0.207. The molecular weight excluding hydrogens is 324 g/mol. The van der Waals surface area contributed by atoms with Crippen LogP contribution in [0, 0.1) is 6.92 Å². The number of rotatable bonds is 4. The first kappa shape index (κ1) is 15.1. The molecule has 0 aromatic carbocycles. The first-order valence-corrected chi connectivity index (χ1v) is 8.90. The van der Waals surface area contributed by atoms with Crippen LogP contribution < -0.4 is 5.32 Å². The summed E-state index contributed by atoms with van der Waals surface area (Å²) >= 11 is 1.45. The Morgan fingerprint density at radius 1 is 1.38 bits per heavy atom. The molecule has 1 aliphatic carbocycles. The maximum atomic E-state index is 12.6. The summed E-state index contributed by atoms with van der Waals surface area (Å²) in [6.07, 6.45) is 8.00. The van der Waals surface area contributed by atoms with Gasteiger partial charge < -0.3 is 9.73 Å². The van der Waals surface area contributed by atoms with Gasteiger partial charge in [0, 0.05) is 10.9 Å². The lowest BCUT2D eigenvalue weighted by Gasteiger charge is -2.14. The number of aromatic nitrogens is 3. The maximum Gasteiger partial charge on any atom is 0.276 e. The summed E-state index contributed by atoms with van der Waals surface area (Å²) in [6.45, 7) is 1.90. The average Bonchev–Trinajstić information content (AvgIpc) is 3.34. The molecule has 1 fully saturated rings. The topological polar surface area (TPSA) is 73.0 Å². The number of carbonyl (C=O) groups is 1. The fraction of sp³-hybridized carbons (Fsp3) is 0.353. The highest BCUT2D eigenvalue weighted by Crippen LogP contribution is 2.32. The molecule has 6 nitrogen and oxygen atoms in total. The van der Waals surface area contributed by atoms with E-state index in [9.17, 15) is 4.79 Å². The molecule has 3 heterocycles. The molecule has 24 heavy (non-hydrogen) atoms. The summed E-state index contributed by atoms with van der Waals surface area (Å²) in [4.78, 5) is 18.0. The zero-order valence-electron chi connectivity index (χ0n) is 13.4. The van der Waals surface area contributed by atoms with Gasteiger partial charge in [-0.05, 0) is 31.9 Å². The second kappa shape index (κ2) is 6.24. The van der Waals surface area contributed by atoms with Crippen molar-refractivity contribution in [3.63, 3.8) is 0 Å². The van der Waals surface area contributed by atoms with Gasteiger partial charge in [0.2, 0.25) is 0 Å². The highest BCUT2D eigenvalue weighted by molar-refractivity contribution is 7.15. The van der Waals surface area contributed by atoms with Crippen molar-refractivity contribution < 1.29 is 9.21 Å². The van der Waals surface area contributed by atoms with E-state index < -0.39 is 0 Å². The third-order valence-corrected chi connectivity index (χ3v) is 5.31. The van der Waals surface area contributed by atoms with Gasteiger partial charge in [-0.2, -0.15) is 5.10 Å². The van der Waals surface area contributed by atoms with Crippen molar-refractivity contribution in [1.82, 2.24) is 14.8 Å².